The first kappa shape index (κ1) is 21.5. The molecule has 0 radical (unpaired) electrons. The summed E-state index contributed by atoms with van der Waals surface area (Å²) in [6, 6.07) is 16.3. The second-order valence-corrected chi connectivity index (χ2v) is 8.13. The molecule has 5 nitrogen and oxygen atoms in total. The quantitative estimate of drug-likeness (QED) is 0.660. The Balaban J connectivity index is 1.97. The number of hydrogen-bond acceptors (Lipinski definition) is 3. The number of benzene rings is 2. The van der Waals surface area contributed by atoms with Crippen molar-refractivity contribution in [3.8, 4) is 5.75 Å². The zero-order chi connectivity index (χ0) is 20.7. The van der Waals surface area contributed by atoms with Crippen LogP contribution in [0.2, 0.25) is 0 Å². The van der Waals surface area contributed by atoms with Crippen LogP contribution in [0.1, 0.15) is 52.6 Å². The van der Waals surface area contributed by atoms with Crippen LogP contribution >= 0.6 is 0 Å². The molecule has 5 heteroatoms. The molecule has 0 aliphatic heterocycles. The third-order valence-corrected chi connectivity index (χ3v) is 4.47. The highest BCUT2D eigenvalue weighted by Crippen LogP contribution is 2.28. The molecule has 0 heterocycles. The molecule has 2 aromatic rings. The fourth-order valence-corrected chi connectivity index (χ4v) is 3.19. The van der Waals surface area contributed by atoms with Gasteiger partial charge in [-0.05, 0) is 37.0 Å². The van der Waals surface area contributed by atoms with Crippen molar-refractivity contribution in [3.05, 3.63) is 60.2 Å². The predicted octanol–water partition coefficient (Wildman–Crippen LogP) is 5.55. The molecule has 0 aromatic heterocycles. The smallest absolute Gasteiger partial charge is 0.410 e. The van der Waals surface area contributed by atoms with Gasteiger partial charge in [-0.2, -0.15) is 0 Å². The molecule has 1 atom stereocenters. The second-order valence-electron chi connectivity index (χ2n) is 8.13. The van der Waals surface area contributed by atoms with Crippen molar-refractivity contribution in [2.24, 2.45) is 11.3 Å². The monoisotopic (exact) mass is 382 g/mol. The highest BCUT2D eigenvalue weighted by Gasteiger charge is 2.28. The zero-order valence-electron chi connectivity index (χ0n) is 17.3. The van der Waals surface area contributed by atoms with Crippen LogP contribution < -0.4 is 15.4 Å². The molecule has 2 rings (SSSR count). The van der Waals surface area contributed by atoms with Crippen LogP contribution in [0.3, 0.4) is 0 Å². The summed E-state index contributed by atoms with van der Waals surface area (Å²) in [5.74, 6) is 0.739. The van der Waals surface area contributed by atoms with Crippen molar-refractivity contribution in [2.75, 3.05) is 5.32 Å². The molecule has 28 heavy (non-hydrogen) atoms. The van der Waals surface area contributed by atoms with E-state index in [1.807, 2.05) is 51.1 Å². The molecule has 2 amide bonds. The van der Waals surface area contributed by atoms with E-state index < -0.39 is 11.5 Å². The van der Waals surface area contributed by atoms with Crippen LogP contribution in [0.25, 0.3) is 0 Å². The van der Waals surface area contributed by atoms with E-state index in [2.05, 4.69) is 24.5 Å². The molecule has 0 saturated carbocycles. The van der Waals surface area contributed by atoms with Gasteiger partial charge in [-0.25, -0.2) is 4.79 Å². The van der Waals surface area contributed by atoms with Crippen LogP contribution in [0.4, 0.5) is 10.5 Å². The van der Waals surface area contributed by atoms with Gasteiger partial charge in [0.25, 0.3) is 0 Å². The number of hydrogen-bond donors (Lipinski definition) is 2. The minimum Gasteiger partial charge on any atom is -0.410 e. The van der Waals surface area contributed by atoms with E-state index in [4.69, 9.17) is 4.74 Å². The molecule has 1 unspecified atom stereocenters. The lowest BCUT2D eigenvalue weighted by Gasteiger charge is -2.25. The third-order valence-electron chi connectivity index (χ3n) is 4.47. The number of carbonyl (C=O) groups excluding carboxylic acids is 2. The Morgan fingerprint density at radius 3 is 2.32 bits per heavy atom. The summed E-state index contributed by atoms with van der Waals surface area (Å²) in [5.41, 5.74) is 1.11. The van der Waals surface area contributed by atoms with Crippen molar-refractivity contribution in [1.82, 2.24) is 5.32 Å². The van der Waals surface area contributed by atoms with E-state index in [1.54, 1.807) is 24.3 Å². The van der Waals surface area contributed by atoms with Gasteiger partial charge in [0.05, 0.1) is 6.04 Å². The van der Waals surface area contributed by atoms with Crippen molar-refractivity contribution in [3.63, 3.8) is 0 Å². The van der Waals surface area contributed by atoms with E-state index in [-0.39, 0.29) is 11.9 Å². The molecule has 150 valence electrons. The van der Waals surface area contributed by atoms with Crippen molar-refractivity contribution < 1.29 is 14.3 Å². The summed E-state index contributed by atoms with van der Waals surface area (Å²) in [4.78, 5) is 24.8. The average Bonchev–Trinajstić information content (AvgIpc) is 2.61. The first-order chi connectivity index (χ1) is 13.2. The minimum absolute atomic E-state index is 0.0551. The average molecular weight is 383 g/mol. The van der Waals surface area contributed by atoms with Gasteiger partial charge < -0.3 is 15.4 Å². The maximum Gasteiger partial charge on any atom is 0.413 e. The Morgan fingerprint density at radius 2 is 1.68 bits per heavy atom. The number of ether oxygens (including phenoxy) is 1. The predicted molar refractivity (Wildman–Crippen MR) is 112 cm³/mol. The van der Waals surface area contributed by atoms with E-state index in [0.717, 1.165) is 12.0 Å². The summed E-state index contributed by atoms with van der Waals surface area (Å²) < 4.78 is 5.38. The highest BCUT2D eigenvalue weighted by molar-refractivity contribution is 5.95. The number of carbonyl (C=O) groups is 2. The van der Waals surface area contributed by atoms with Gasteiger partial charge in [0.15, 0.2) is 0 Å². The van der Waals surface area contributed by atoms with Crippen molar-refractivity contribution in [1.29, 1.82) is 0 Å². The number of amides is 2. The highest BCUT2D eigenvalue weighted by atomic mass is 16.6. The lowest BCUT2D eigenvalue weighted by atomic mass is 9.83. The third kappa shape index (κ3) is 6.41. The van der Waals surface area contributed by atoms with E-state index in [0.29, 0.717) is 17.4 Å². The van der Waals surface area contributed by atoms with E-state index in [1.165, 1.54) is 0 Å². The summed E-state index contributed by atoms with van der Waals surface area (Å²) in [5, 5.41) is 5.72. The summed E-state index contributed by atoms with van der Waals surface area (Å²) in [6.45, 7) is 9.95. The van der Waals surface area contributed by atoms with Gasteiger partial charge in [0.2, 0.25) is 5.91 Å². The first-order valence-corrected chi connectivity index (χ1v) is 9.62. The van der Waals surface area contributed by atoms with Crippen molar-refractivity contribution in [2.45, 2.75) is 47.1 Å². The Hall–Kier alpha value is -2.82. The van der Waals surface area contributed by atoms with Crippen molar-refractivity contribution >= 4 is 17.7 Å². The van der Waals surface area contributed by atoms with Crippen LogP contribution in [0, 0.1) is 11.3 Å². The summed E-state index contributed by atoms with van der Waals surface area (Å²) in [6.07, 6.45) is 0.245. The Bertz CT molecular complexity index is 801. The molecule has 0 aliphatic rings. The maximum absolute atomic E-state index is 12.6. The molecular weight excluding hydrogens is 352 g/mol. The van der Waals surface area contributed by atoms with E-state index >= 15 is 0 Å². The van der Waals surface area contributed by atoms with Gasteiger partial charge in [0, 0.05) is 17.2 Å². The van der Waals surface area contributed by atoms with Crippen LogP contribution in [0.15, 0.2) is 54.6 Å². The standard InChI is InChI=1S/C23H30N2O3/c1-16(2)15-23(4,5)21(26)25-19-12-9-13-20(14-19)28-22(27)24-17(3)18-10-7-6-8-11-18/h6-14,16-17H,15H2,1-5H3,(H,24,27)(H,25,26). The molecular formula is C23H30N2O3. The van der Waals surface area contributed by atoms with Gasteiger partial charge in [0.1, 0.15) is 5.75 Å². The minimum atomic E-state index is -0.542. The van der Waals surface area contributed by atoms with E-state index in [9.17, 15) is 9.59 Å². The molecule has 2 aromatic carbocycles. The number of anilines is 1. The molecule has 0 bridgehead atoms. The molecule has 0 saturated heterocycles. The fraction of sp³-hybridized carbons (Fsp3) is 0.391. The summed E-state index contributed by atoms with van der Waals surface area (Å²) in [7, 11) is 0. The second kappa shape index (κ2) is 9.40. The first-order valence-electron chi connectivity index (χ1n) is 9.62. The van der Waals surface area contributed by atoms with Crippen LogP contribution in [0.5, 0.6) is 5.75 Å². The lowest BCUT2D eigenvalue weighted by Crippen LogP contribution is -2.32. The largest absolute Gasteiger partial charge is 0.413 e. The van der Waals surface area contributed by atoms with Gasteiger partial charge >= 0.3 is 6.09 Å². The van der Waals surface area contributed by atoms with Crippen LogP contribution in [-0.4, -0.2) is 12.0 Å². The topological polar surface area (TPSA) is 67.4 Å². The Kier molecular flexibility index (Phi) is 7.21. The summed E-state index contributed by atoms with van der Waals surface area (Å²) >= 11 is 0. The Labute approximate surface area is 167 Å². The molecule has 0 fully saturated rings. The van der Waals surface area contributed by atoms with Gasteiger partial charge in [-0.15, -0.1) is 0 Å². The Morgan fingerprint density at radius 1 is 1.00 bits per heavy atom. The number of nitrogens with one attached hydrogen (secondary N) is 2. The lowest BCUT2D eigenvalue weighted by molar-refractivity contribution is -0.124. The zero-order valence-corrected chi connectivity index (χ0v) is 17.3. The maximum atomic E-state index is 12.6. The fourth-order valence-electron chi connectivity index (χ4n) is 3.19. The normalized spacial score (nSPS) is 12.4. The van der Waals surface area contributed by atoms with Crippen LogP contribution in [-0.2, 0) is 4.79 Å². The molecule has 0 spiro atoms. The molecule has 2 N–H and O–H groups in total. The van der Waals surface area contributed by atoms with Gasteiger partial charge in [-0.3, -0.25) is 4.79 Å². The number of rotatable bonds is 7. The SMILES string of the molecule is CC(C)CC(C)(C)C(=O)Nc1cccc(OC(=O)NC(C)c2ccccc2)c1. The van der Waals surface area contributed by atoms with Gasteiger partial charge in [-0.1, -0.05) is 64.1 Å². The molecule has 0 aliphatic carbocycles.